The molecular weight excluding hydrogens is 452 g/mol. The van der Waals surface area contributed by atoms with Crippen LogP contribution in [0.2, 0.25) is 5.02 Å². The lowest BCUT2D eigenvalue weighted by molar-refractivity contribution is 0.0984. The van der Waals surface area contributed by atoms with Gasteiger partial charge in [0.1, 0.15) is 0 Å². The fraction of sp³-hybridized carbons (Fsp3) is 0.115. The van der Waals surface area contributed by atoms with Crippen molar-refractivity contribution >= 4 is 44.2 Å². The van der Waals surface area contributed by atoms with E-state index in [9.17, 15) is 4.79 Å². The molecule has 0 spiro atoms. The van der Waals surface area contributed by atoms with Gasteiger partial charge in [-0.15, -0.1) is 0 Å². The highest BCUT2D eigenvalue weighted by Crippen LogP contribution is 2.37. The number of hydrogen-bond acceptors (Lipinski definition) is 4. The number of carbonyl (C=O) groups is 1. The van der Waals surface area contributed by atoms with E-state index in [0.717, 1.165) is 32.7 Å². The molecule has 0 aliphatic heterocycles. The first-order valence-electron chi connectivity index (χ1n) is 10.5. The van der Waals surface area contributed by atoms with Gasteiger partial charge in [0.25, 0.3) is 5.91 Å². The average molecular weight is 473 g/mol. The Bertz CT molecular complexity index is 1400. The molecule has 0 N–H and O–H groups in total. The number of hydrogen-bond donors (Lipinski definition) is 0. The van der Waals surface area contributed by atoms with Crippen molar-refractivity contribution in [1.29, 1.82) is 0 Å². The minimum absolute atomic E-state index is 0.147. The number of aromatic nitrogens is 3. The zero-order chi connectivity index (χ0) is 22.9. The molecule has 0 radical (unpaired) electrons. The highest BCUT2D eigenvalue weighted by molar-refractivity contribution is 7.23. The quantitative estimate of drug-likeness (QED) is 0.289. The van der Waals surface area contributed by atoms with Crippen LogP contribution in [0.15, 0.2) is 79.0 Å². The molecular formula is C26H21ClN4OS. The summed E-state index contributed by atoms with van der Waals surface area (Å²) >= 11 is 7.89. The Kier molecular flexibility index (Phi) is 5.70. The van der Waals surface area contributed by atoms with Gasteiger partial charge < -0.3 is 0 Å². The Labute approximate surface area is 200 Å². The van der Waals surface area contributed by atoms with Crippen molar-refractivity contribution in [3.63, 3.8) is 0 Å². The van der Waals surface area contributed by atoms with Crippen LogP contribution in [-0.4, -0.2) is 20.7 Å². The first-order valence-corrected chi connectivity index (χ1v) is 11.7. The lowest BCUT2D eigenvalue weighted by Crippen LogP contribution is -2.30. The molecule has 0 saturated carbocycles. The molecule has 2 aromatic heterocycles. The third kappa shape index (κ3) is 4.03. The smallest absolute Gasteiger partial charge is 0.263 e. The number of benzene rings is 3. The monoisotopic (exact) mass is 472 g/mol. The van der Waals surface area contributed by atoms with Gasteiger partial charge in [-0.25, -0.2) is 9.67 Å². The Hall–Kier alpha value is -3.48. The Morgan fingerprint density at radius 2 is 1.70 bits per heavy atom. The molecule has 0 saturated heterocycles. The highest BCUT2D eigenvalue weighted by atomic mass is 35.5. The summed E-state index contributed by atoms with van der Waals surface area (Å²) in [4.78, 5) is 20.4. The number of carbonyl (C=O) groups excluding carboxylic acids is 1. The van der Waals surface area contributed by atoms with Gasteiger partial charge >= 0.3 is 0 Å². The topological polar surface area (TPSA) is 51.0 Å². The molecule has 0 bridgehead atoms. The number of fused-ring (bicyclic) bond motifs is 1. The molecule has 5 aromatic rings. The van der Waals surface area contributed by atoms with Crippen LogP contribution < -0.4 is 4.90 Å². The number of nitrogens with zero attached hydrogens (tertiary/aromatic N) is 4. The van der Waals surface area contributed by atoms with E-state index in [2.05, 4.69) is 5.10 Å². The van der Waals surface area contributed by atoms with Gasteiger partial charge in [-0.3, -0.25) is 9.69 Å². The van der Waals surface area contributed by atoms with E-state index >= 15 is 0 Å². The van der Waals surface area contributed by atoms with Gasteiger partial charge in [0.05, 0.1) is 44.9 Å². The van der Waals surface area contributed by atoms with Crippen LogP contribution in [0.4, 0.5) is 5.13 Å². The van der Waals surface area contributed by atoms with E-state index in [0.29, 0.717) is 22.3 Å². The summed E-state index contributed by atoms with van der Waals surface area (Å²) in [5.41, 5.74) is 5.09. The van der Waals surface area contributed by atoms with Gasteiger partial charge in [0.15, 0.2) is 5.13 Å². The van der Waals surface area contributed by atoms with Crippen molar-refractivity contribution in [1.82, 2.24) is 14.8 Å². The summed E-state index contributed by atoms with van der Waals surface area (Å²) in [6.45, 7) is 4.30. The fourth-order valence-electron chi connectivity index (χ4n) is 3.79. The molecule has 0 aliphatic rings. The van der Waals surface area contributed by atoms with Crippen molar-refractivity contribution < 1.29 is 4.79 Å². The van der Waals surface area contributed by atoms with Gasteiger partial charge in [-0.2, -0.15) is 5.10 Å². The van der Waals surface area contributed by atoms with E-state index in [1.54, 1.807) is 15.8 Å². The van der Waals surface area contributed by atoms with Crippen molar-refractivity contribution in [2.75, 3.05) is 4.90 Å². The number of para-hydroxylation sites is 1. The van der Waals surface area contributed by atoms with Crippen LogP contribution in [-0.2, 0) is 6.54 Å². The van der Waals surface area contributed by atoms with Gasteiger partial charge in [0, 0.05) is 0 Å². The molecule has 164 valence electrons. The van der Waals surface area contributed by atoms with E-state index < -0.39 is 0 Å². The van der Waals surface area contributed by atoms with E-state index in [4.69, 9.17) is 16.6 Å². The van der Waals surface area contributed by atoms with Crippen LogP contribution in [0.25, 0.3) is 15.9 Å². The molecule has 0 unspecified atom stereocenters. The average Bonchev–Trinajstić information content (AvgIpc) is 3.46. The normalized spacial score (nSPS) is 11.1. The van der Waals surface area contributed by atoms with Crippen LogP contribution >= 0.6 is 22.9 Å². The minimum atomic E-state index is -0.147. The summed E-state index contributed by atoms with van der Waals surface area (Å²) in [5, 5.41) is 5.74. The maximum Gasteiger partial charge on any atom is 0.263 e. The van der Waals surface area contributed by atoms with Gasteiger partial charge in [-0.1, -0.05) is 77.5 Å². The van der Waals surface area contributed by atoms with E-state index in [1.165, 1.54) is 11.3 Å². The van der Waals surface area contributed by atoms with E-state index in [1.807, 2.05) is 86.6 Å². The van der Waals surface area contributed by atoms with Crippen LogP contribution in [0.5, 0.6) is 0 Å². The third-order valence-corrected chi connectivity index (χ3v) is 7.13. The number of halogens is 1. The third-order valence-electron chi connectivity index (χ3n) is 5.59. The SMILES string of the molecule is Cc1ccc(Cl)c2sc(N(Cc3ccccc3)C(=O)c3cnn(-c4ccccc4)c3C)nc12. The first kappa shape index (κ1) is 21.4. The zero-order valence-corrected chi connectivity index (χ0v) is 19.8. The van der Waals surface area contributed by atoms with Crippen molar-refractivity contribution in [3.8, 4) is 5.69 Å². The summed E-state index contributed by atoms with van der Waals surface area (Å²) in [6.07, 6.45) is 1.63. The van der Waals surface area contributed by atoms with Crippen molar-refractivity contribution in [3.05, 3.63) is 106 Å². The number of aryl methyl sites for hydroxylation is 1. The molecule has 0 fully saturated rings. The second kappa shape index (κ2) is 8.81. The van der Waals surface area contributed by atoms with Crippen LogP contribution in [0.3, 0.4) is 0 Å². The lowest BCUT2D eigenvalue weighted by Gasteiger charge is -2.20. The molecule has 7 heteroatoms. The zero-order valence-electron chi connectivity index (χ0n) is 18.2. The minimum Gasteiger partial charge on any atom is -0.279 e. The second-order valence-corrected chi connectivity index (χ2v) is 9.19. The standard InChI is InChI=1S/C26H21ClN4OS/c1-17-13-14-22(27)24-23(17)29-26(33-24)30(16-19-9-5-3-6-10-19)25(32)21-15-28-31(18(21)2)20-11-7-4-8-12-20/h3-15H,16H2,1-2H3. The van der Waals surface area contributed by atoms with Crippen molar-refractivity contribution in [2.45, 2.75) is 20.4 Å². The predicted octanol–water partition coefficient (Wildman–Crippen LogP) is 6.60. The molecule has 0 atom stereocenters. The number of thiazole rings is 1. The van der Waals surface area contributed by atoms with Gasteiger partial charge in [-0.05, 0) is 43.2 Å². The highest BCUT2D eigenvalue weighted by Gasteiger charge is 2.26. The Morgan fingerprint density at radius 1 is 1.00 bits per heavy atom. The lowest BCUT2D eigenvalue weighted by atomic mass is 10.2. The number of rotatable bonds is 5. The van der Waals surface area contributed by atoms with Crippen LogP contribution in [0, 0.1) is 13.8 Å². The number of anilines is 1. The van der Waals surface area contributed by atoms with Crippen molar-refractivity contribution in [2.24, 2.45) is 0 Å². The molecule has 1 amide bonds. The fourth-order valence-corrected chi connectivity index (χ4v) is 5.11. The number of amides is 1. The summed E-state index contributed by atoms with van der Waals surface area (Å²) in [7, 11) is 0. The molecule has 3 aromatic carbocycles. The molecule has 33 heavy (non-hydrogen) atoms. The van der Waals surface area contributed by atoms with E-state index in [-0.39, 0.29) is 5.91 Å². The molecule has 2 heterocycles. The predicted molar refractivity (Wildman–Crippen MR) is 135 cm³/mol. The summed E-state index contributed by atoms with van der Waals surface area (Å²) in [5.74, 6) is -0.147. The second-order valence-electron chi connectivity index (χ2n) is 7.81. The molecule has 0 aliphatic carbocycles. The molecule has 5 nitrogen and oxygen atoms in total. The summed E-state index contributed by atoms with van der Waals surface area (Å²) in [6, 6.07) is 23.5. The summed E-state index contributed by atoms with van der Waals surface area (Å²) < 4.78 is 2.67. The van der Waals surface area contributed by atoms with Gasteiger partial charge in [0.2, 0.25) is 0 Å². The first-order chi connectivity index (χ1) is 16.0. The largest absolute Gasteiger partial charge is 0.279 e. The maximum atomic E-state index is 13.9. The Balaban J connectivity index is 1.60. The maximum absolute atomic E-state index is 13.9. The van der Waals surface area contributed by atoms with Crippen LogP contribution in [0.1, 0.15) is 27.2 Å². The molecule has 5 rings (SSSR count). The Morgan fingerprint density at radius 3 is 2.39 bits per heavy atom.